The van der Waals surface area contributed by atoms with Crippen molar-refractivity contribution in [1.29, 1.82) is 0 Å². The summed E-state index contributed by atoms with van der Waals surface area (Å²) in [7, 11) is 0. The highest BCUT2D eigenvalue weighted by Gasteiger charge is 2.02. The Morgan fingerprint density at radius 2 is 2.05 bits per heavy atom. The summed E-state index contributed by atoms with van der Waals surface area (Å²) in [6.45, 7) is 1.99. The average molecular weight is 259 g/mol. The van der Waals surface area contributed by atoms with Gasteiger partial charge in [-0.15, -0.1) is 0 Å². The maximum Gasteiger partial charge on any atom is 0.303 e. The van der Waals surface area contributed by atoms with Crippen molar-refractivity contribution in [2.75, 3.05) is 6.54 Å². The zero-order valence-corrected chi connectivity index (χ0v) is 10.9. The van der Waals surface area contributed by atoms with Gasteiger partial charge >= 0.3 is 5.97 Å². The molecule has 0 spiro atoms. The van der Waals surface area contributed by atoms with Crippen LogP contribution in [0.15, 0.2) is 24.3 Å². The molecule has 1 amide bonds. The van der Waals surface area contributed by atoms with E-state index in [2.05, 4.69) is 17.2 Å². The molecule has 0 bridgehead atoms. The number of benzene rings is 1. The molecule has 100 valence electrons. The molecule has 0 saturated heterocycles. The SMILES string of the molecule is CC(=O)NCCC#Cc1ccccc1CCC(=O)O. The van der Waals surface area contributed by atoms with Gasteiger partial charge in [-0.3, -0.25) is 9.59 Å². The predicted octanol–water partition coefficient (Wildman–Crippen LogP) is 1.58. The van der Waals surface area contributed by atoms with Crippen molar-refractivity contribution in [3.63, 3.8) is 0 Å². The minimum atomic E-state index is -0.812. The zero-order valence-electron chi connectivity index (χ0n) is 10.9. The van der Waals surface area contributed by atoms with Gasteiger partial charge in [0.25, 0.3) is 0 Å². The van der Waals surface area contributed by atoms with Crippen LogP contribution in [0.5, 0.6) is 0 Å². The topological polar surface area (TPSA) is 66.4 Å². The second kappa shape index (κ2) is 7.93. The van der Waals surface area contributed by atoms with Crippen LogP contribution >= 0.6 is 0 Å². The molecule has 19 heavy (non-hydrogen) atoms. The fraction of sp³-hybridized carbons (Fsp3) is 0.333. The molecule has 0 fully saturated rings. The number of amides is 1. The summed E-state index contributed by atoms with van der Waals surface area (Å²) in [6.07, 6.45) is 1.16. The molecule has 1 aromatic carbocycles. The van der Waals surface area contributed by atoms with Gasteiger partial charge in [0.2, 0.25) is 5.91 Å². The lowest BCUT2D eigenvalue weighted by atomic mass is 10.0. The number of rotatable bonds is 5. The summed E-state index contributed by atoms with van der Waals surface area (Å²) < 4.78 is 0. The summed E-state index contributed by atoms with van der Waals surface area (Å²) in [5.41, 5.74) is 1.79. The van der Waals surface area contributed by atoms with E-state index < -0.39 is 5.97 Å². The molecule has 0 aromatic heterocycles. The van der Waals surface area contributed by atoms with Crippen molar-refractivity contribution in [3.05, 3.63) is 35.4 Å². The normalized spacial score (nSPS) is 9.32. The lowest BCUT2D eigenvalue weighted by molar-refractivity contribution is -0.137. The highest BCUT2D eigenvalue weighted by Crippen LogP contribution is 2.09. The highest BCUT2D eigenvalue weighted by molar-refractivity contribution is 5.72. The Labute approximate surface area is 112 Å². The smallest absolute Gasteiger partial charge is 0.303 e. The molecule has 2 N–H and O–H groups in total. The van der Waals surface area contributed by atoms with Crippen LogP contribution in [0.1, 0.15) is 30.9 Å². The van der Waals surface area contributed by atoms with Crippen LogP contribution in [0.2, 0.25) is 0 Å². The number of carboxylic acids is 1. The van der Waals surface area contributed by atoms with E-state index in [1.807, 2.05) is 24.3 Å². The molecule has 0 aliphatic carbocycles. The first kappa shape index (κ1) is 14.8. The number of hydrogen-bond acceptors (Lipinski definition) is 2. The molecule has 0 radical (unpaired) electrons. The third kappa shape index (κ3) is 6.27. The standard InChI is InChI=1S/C15H17NO3/c1-12(17)16-11-5-4-8-13-6-2-3-7-14(13)9-10-15(18)19/h2-3,6-7H,5,9-11H2,1H3,(H,16,17)(H,18,19). The van der Waals surface area contributed by atoms with Gasteiger partial charge < -0.3 is 10.4 Å². The van der Waals surface area contributed by atoms with Crippen LogP contribution in [-0.2, 0) is 16.0 Å². The number of nitrogens with one attached hydrogen (secondary N) is 1. The van der Waals surface area contributed by atoms with Crippen molar-refractivity contribution in [2.24, 2.45) is 0 Å². The number of hydrogen-bond donors (Lipinski definition) is 2. The zero-order chi connectivity index (χ0) is 14.1. The summed E-state index contributed by atoms with van der Waals surface area (Å²) in [6, 6.07) is 7.52. The van der Waals surface area contributed by atoms with E-state index in [0.717, 1.165) is 11.1 Å². The van der Waals surface area contributed by atoms with Gasteiger partial charge in [0.1, 0.15) is 0 Å². The van der Waals surface area contributed by atoms with E-state index >= 15 is 0 Å². The number of aryl methyl sites for hydroxylation is 1. The Bertz CT molecular complexity index is 512. The molecule has 1 aromatic rings. The maximum atomic E-state index is 10.7. The molecule has 0 aliphatic heterocycles. The lowest BCUT2D eigenvalue weighted by Crippen LogP contribution is -2.20. The summed E-state index contributed by atoms with van der Waals surface area (Å²) in [5.74, 6) is 5.11. The van der Waals surface area contributed by atoms with Gasteiger partial charge in [-0.1, -0.05) is 30.0 Å². The molecule has 4 heteroatoms. The van der Waals surface area contributed by atoms with Crippen molar-refractivity contribution < 1.29 is 14.7 Å². The van der Waals surface area contributed by atoms with Crippen LogP contribution in [-0.4, -0.2) is 23.5 Å². The molecular formula is C15H17NO3. The van der Waals surface area contributed by atoms with Gasteiger partial charge in [0, 0.05) is 31.9 Å². The van der Waals surface area contributed by atoms with Gasteiger partial charge in [-0.05, 0) is 18.1 Å². The van der Waals surface area contributed by atoms with E-state index in [4.69, 9.17) is 5.11 Å². The quantitative estimate of drug-likeness (QED) is 0.623. The maximum absolute atomic E-state index is 10.7. The van der Waals surface area contributed by atoms with Gasteiger partial charge in [0.15, 0.2) is 0 Å². The van der Waals surface area contributed by atoms with Crippen LogP contribution in [0, 0.1) is 11.8 Å². The second-order valence-electron chi connectivity index (χ2n) is 4.09. The summed E-state index contributed by atoms with van der Waals surface area (Å²) in [4.78, 5) is 21.2. The first-order chi connectivity index (χ1) is 9.09. The van der Waals surface area contributed by atoms with Crippen molar-refractivity contribution >= 4 is 11.9 Å². The Hall–Kier alpha value is -2.28. The summed E-state index contributed by atoms with van der Waals surface area (Å²) >= 11 is 0. The van der Waals surface area contributed by atoms with Crippen molar-refractivity contribution in [1.82, 2.24) is 5.32 Å². The molecule has 4 nitrogen and oxygen atoms in total. The predicted molar refractivity (Wildman–Crippen MR) is 72.6 cm³/mol. The molecule has 0 unspecified atom stereocenters. The largest absolute Gasteiger partial charge is 0.481 e. The van der Waals surface area contributed by atoms with Crippen LogP contribution in [0.4, 0.5) is 0 Å². The minimum absolute atomic E-state index is 0.0661. The Kier molecular flexibility index (Phi) is 6.17. The van der Waals surface area contributed by atoms with Crippen molar-refractivity contribution in [3.8, 4) is 11.8 Å². The van der Waals surface area contributed by atoms with E-state index in [0.29, 0.717) is 19.4 Å². The second-order valence-corrected chi connectivity index (χ2v) is 4.09. The van der Waals surface area contributed by atoms with Gasteiger partial charge in [-0.25, -0.2) is 0 Å². The van der Waals surface area contributed by atoms with Crippen molar-refractivity contribution in [2.45, 2.75) is 26.2 Å². The number of carbonyl (C=O) groups excluding carboxylic acids is 1. The fourth-order valence-electron chi connectivity index (χ4n) is 1.56. The van der Waals surface area contributed by atoms with Crippen LogP contribution in [0.3, 0.4) is 0 Å². The molecular weight excluding hydrogens is 242 g/mol. The number of carboxylic acid groups (broad SMARTS) is 1. The first-order valence-corrected chi connectivity index (χ1v) is 6.12. The highest BCUT2D eigenvalue weighted by atomic mass is 16.4. The number of aliphatic carboxylic acids is 1. The van der Waals surface area contributed by atoms with Crippen LogP contribution in [0.25, 0.3) is 0 Å². The fourth-order valence-corrected chi connectivity index (χ4v) is 1.56. The Balaban J connectivity index is 2.59. The first-order valence-electron chi connectivity index (χ1n) is 6.12. The molecule has 0 heterocycles. The van der Waals surface area contributed by atoms with Gasteiger partial charge in [-0.2, -0.15) is 0 Å². The van der Waals surface area contributed by atoms with E-state index in [9.17, 15) is 9.59 Å². The van der Waals surface area contributed by atoms with Crippen LogP contribution < -0.4 is 5.32 Å². The third-order valence-electron chi connectivity index (χ3n) is 2.47. The molecule has 0 saturated carbocycles. The average Bonchev–Trinajstić information content (AvgIpc) is 2.36. The van der Waals surface area contributed by atoms with E-state index in [1.54, 1.807) is 0 Å². The number of carbonyl (C=O) groups is 2. The molecule has 0 atom stereocenters. The summed E-state index contributed by atoms with van der Waals surface area (Å²) in [5, 5.41) is 11.4. The van der Waals surface area contributed by atoms with E-state index in [-0.39, 0.29) is 12.3 Å². The Morgan fingerprint density at radius 3 is 2.74 bits per heavy atom. The molecule has 0 aliphatic rings. The minimum Gasteiger partial charge on any atom is -0.481 e. The molecule has 1 rings (SSSR count). The lowest BCUT2D eigenvalue weighted by Gasteiger charge is -2.02. The monoisotopic (exact) mass is 259 g/mol. The van der Waals surface area contributed by atoms with E-state index in [1.165, 1.54) is 6.92 Å². The Morgan fingerprint density at radius 1 is 1.32 bits per heavy atom. The van der Waals surface area contributed by atoms with Gasteiger partial charge in [0.05, 0.1) is 0 Å². The third-order valence-corrected chi connectivity index (χ3v) is 2.47.